The molecule has 0 aliphatic carbocycles. The van der Waals surface area contributed by atoms with Gasteiger partial charge in [0.1, 0.15) is 5.75 Å². The summed E-state index contributed by atoms with van der Waals surface area (Å²) in [4.78, 5) is 2.39. The largest absolute Gasteiger partial charge is 0.496 e. The molecule has 0 unspecified atom stereocenters. The van der Waals surface area contributed by atoms with E-state index in [1.807, 2.05) is 25.8 Å². The summed E-state index contributed by atoms with van der Waals surface area (Å²) >= 11 is 3.32. The fourth-order valence-corrected chi connectivity index (χ4v) is 4.48. The Morgan fingerprint density at radius 2 is 1.64 bits per heavy atom. The van der Waals surface area contributed by atoms with Gasteiger partial charge in [-0.25, -0.2) is 8.42 Å². The summed E-state index contributed by atoms with van der Waals surface area (Å²) in [6, 6.07) is 10.9. The number of ether oxygens (including phenoxy) is 1. The van der Waals surface area contributed by atoms with Gasteiger partial charge in [-0.05, 0) is 61.9 Å². The molecule has 0 N–H and O–H groups in total. The van der Waals surface area contributed by atoms with Gasteiger partial charge in [-0.2, -0.15) is 0 Å². The molecule has 0 spiro atoms. The van der Waals surface area contributed by atoms with Gasteiger partial charge >= 0.3 is 0 Å². The monoisotopic (exact) mass is 425 g/mol. The summed E-state index contributed by atoms with van der Waals surface area (Å²) in [7, 11) is 0.337. The predicted molar refractivity (Wildman–Crippen MR) is 105 cm³/mol. The van der Waals surface area contributed by atoms with Gasteiger partial charge in [0.05, 0.1) is 17.8 Å². The standard InChI is InChI=1S/C19H24BrNO3S/c1-14-11-16(12-15(2)19(14)24-4)13-21(3)9-10-25(22,23)18-7-5-17(20)6-8-18/h5-8,11-12H,9-10,13H2,1-4H3. The fourth-order valence-electron chi connectivity index (χ4n) is 2.88. The molecule has 0 aliphatic heterocycles. The number of aryl methyl sites for hydroxylation is 2. The molecule has 0 radical (unpaired) electrons. The second-order valence-electron chi connectivity index (χ2n) is 6.27. The van der Waals surface area contributed by atoms with Crippen molar-refractivity contribution in [1.82, 2.24) is 4.90 Å². The molecular weight excluding hydrogens is 402 g/mol. The highest BCUT2D eigenvalue weighted by Crippen LogP contribution is 2.25. The molecule has 0 saturated carbocycles. The van der Waals surface area contributed by atoms with Gasteiger partial charge in [0.2, 0.25) is 0 Å². The maximum absolute atomic E-state index is 12.4. The molecule has 4 nitrogen and oxygen atoms in total. The first-order valence-electron chi connectivity index (χ1n) is 8.04. The molecule has 136 valence electrons. The third-order valence-corrected chi connectivity index (χ3v) is 6.33. The van der Waals surface area contributed by atoms with E-state index in [1.54, 1.807) is 31.4 Å². The third-order valence-electron chi connectivity index (χ3n) is 4.09. The molecule has 0 saturated heterocycles. The second kappa shape index (κ2) is 8.34. The summed E-state index contributed by atoms with van der Waals surface area (Å²) in [6.07, 6.45) is 0. The molecule has 2 aromatic rings. The molecule has 25 heavy (non-hydrogen) atoms. The smallest absolute Gasteiger partial charge is 0.179 e. The van der Waals surface area contributed by atoms with Crippen LogP contribution in [0.15, 0.2) is 45.8 Å². The zero-order valence-corrected chi connectivity index (χ0v) is 17.4. The van der Waals surface area contributed by atoms with E-state index in [2.05, 4.69) is 28.1 Å². The minimum Gasteiger partial charge on any atom is -0.496 e. The Balaban J connectivity index is 2.01. The van der Waals surface area contributed by atoms with Crippen LogP contribution >= 0.6 is 15.9 Å². The average Bonchev–Trinajstić information content (AvgIpc) is 2.53. The lowest BCUT2D eigenvalue weighted by Gasteiger charge is -2.18. The van der Waals surface area contributed by atoms with E-state index in [-0.39, 0.29) is 5.75 Å². The van der Waals surface area contributed by atoms with E-state index in [0.29, 0.717) is 18.0 Å². The van der Waals surface area contributed by atoms with Crippen LogP contribution in [-0.2, 0) is 16.4 Å². The first kappa shape index (κ1) is 19.9. The van der Waals surface area contributed by atoms with Crippen LogP contribution in [0.4, 0.5) is 0 Å². The molecule has 0 atom stereocenters. The number of halogens is 1. The van der Waals surface area contributed by atoms with Gasteiger partial charge in [0.25, 0.3) is 0 Å². The minimum atomic E-state index is -3.27. The molecule has 0 heterocycles. The Hall–Kier alpha value is -1.37. The number of benzene rings is 2. The Labute approximate surface area is 158 Å². The van der Waals surface area contributed by atoms with Crippen molar-refractivity contribution < 1.29 is 13.2 Å². The number of methoxy groups -OCH3 is 1. The summed E-state index contributed by atoms with van der Waals surface area (Å²) in [5.41, 5.74) is 3.33. The quantitative estimate of drug-likeness (QED) is 0.672. The van der Waals surface area contributed by atoms with Crippen LogP contribution in [0.1, 0.15) is 16.7 Å². The molecule has 2 rings (SSSR count). The van der Waals surface area contributed by atoms with Crippen LogP contribution in [-0.4, -0.2) is 39.8 Å². The topological polar surface area (TPSA) is 46.6 Å². The molecule has 6 heteroatoms. The van der Waals surface area contributed by atoms with Gasteiger partial charge in [-0.1, -0.05) is 28.1 Å². The van der Waals surface area contributed by atoms with Crippen LogP contribution in [0, 0.1) is 13.8 Å². The Kier molecular flexibility index (Phi) is 6.65. The normalized spacial score (nSPS) is 11.8. The highest BCUT2D eigenvalue weighted by atomic mass is 79.9. The van der Waals surface area contributed by atoms with Crippen LogP contribution in [0.25, 0.3) is 0 Å². The Morgan fingerprint density at radius 3 is 2.16 bits per heavy atom. The molecule has 0 aliphatic rings. The first-order valence-corrected chi connectivity index (χ1v) is 10.5. The Morgan fingerprint density at radius 1 is 1.08 bits per heavy atom. The lowest BCUT2D eigenvalue weighted by molar-refractivity contribution is 0.345. The van der Waals surface area contributed by atoms with Crippen molar-refractivity contribution in [2.24, 2.45) is 0 Å². The van der Waals surface area contributed by atoms with Gasteiger partial charge in [0, 0.05) is 17.6 Å². The molecule has 0 fully saturated rings. The van der Waals surface area contributed by atoms with Crippen molar-refractivity contribution in [2.45, 2.75) is 25.3 Å². The van der Waals surface area contributed by atoms with Crippen molar-refractivity contribution in [2.75, 3.05) is 26.5 Å². The Bertz CT molecular complexity index is 809. The van der Waals surface area contributed by atoms with Crippen molar-refractivity contribution in [3.05, 3.63) is 57.6 Å². The highest BCUT2D eigenvalue weighted by molar-refractivity contribution is 9.10. The average molecular weight is 426 g/mol. The number of sulfone groups is 1. The lowest BCUT2D eigenvalue weighted by atomic mass is 10.1. The van der Waals surface area contributed by atoms with E-state index < -0.39 is 9.84 Å². The number of nitrogens with zero attached hydrogens (tertiary/aromatic N) is 1. The molecule has 0 amide bonds. The van der Waals surface area contributed by atoms with Crippen molar-refractivity contribution in [3.63, 3.8) is 0 Å². The fraction of sp³-hybridized carbons (Fsp3) is 0.368. The van der Waals surface area contributed by atoms with E-state index in [0.717, 1.165) is 26.9 Å². The van der Waals surface area contributed by atoms with Gasteiger partial charge < -0.3 is 9.64 Å². The summed E-state index contributed by atoms with van der Waals surface area (Å²) in [6.45, 7) is 5.21. The number of rotatable bonds is 7. The molecule has 0 aromatic heterocycles. The summed E-state index contributed by atoms with van der Waals surface area (Å²) in [5.74, 6) is 1.00. The highest BCUT2D eigenvalue weighted by Gasteiger charge is 2.15. The number of hydrogen-bond donors (Lipinski definition) is 0. The van der Waals surface area contributed by atoms with Crippen molar-refractivity contribution in [1.29, 1.82) is 0 Å². The molecule has 0 bridgehead atoms. The zero-order valence-electron chi connectivity index (χ0n) is 15.0. The maximum Gasteiger partial charge on any atom is 0.179 e. The van der Waals surface area contributed by atoms with Crippen molar-refractivity contribution in [3.8, 4) is 5.75 Å². The third kappa shape index (κ3) is 5.30. The SMILES string of the molecule is COc1c(C)cc(CN(C)CCS(=O)(=O)c2ccc(Br)cc2)cc1C. The summed E-state index contributed by atoms with van der Waals surface area (Å²) < 4.78 is 31.1. The summed E-state index contributed by atoms with van der Waals surface area (Å²) in [5, 5.41) is 0. The molecule has 2 aromatic carbocycles. The van der Waals surface area contributed by atoms with Gasteiger partial charge in [0.15, 0.2) is 9.84 Å². The first-order chi connectivity index (χ1) is 11.7. The molecular formula is C19H24BrNO3S. The van der Waals surface area contributed by atoms with Crippen molar-refractivity contribution >= 4 is 25.8 Å². The van der Waals surface area contributed by atoms with Crippen LogP contribution < -0.4 is 4.74 Å². The minimum absolute atomic E-state index is 0.0965. The maximum atomic E-state index is 12.4. The van der Waals surface area contributed by atoms with Gasteiger partial charge in [-0.3, -0.25) is 0 Å². The van der Waals surface area contributed by atoms with Crippen LogP contribution in [0.5, 0.6) is 5.75 Å². The van der Waals surface area contributed by atoms with Crippen LogP contribution in [0.3, 0.4) is 0 Å². The lowest BCUT2D eigenvalue weighted by Crippen LogP contribution is -2.25. The zero-order chi connectivity index (χ0) is 18.6. The van der Waals surface area contributed by atoms with Gasteiger partial charge in [-0.15, -0.1) is 0 Å². The van der Waals surface area contributed by atoms with Crippen LogP contribution in [0.2, 0.25) is 0 Å². The predicted octanol–water partition coefficient (Wildman–Crippen LogP) is 3.98. The van der Waals surface area contributed by atoms with E-state index in [1.165, 1.54) is 0 Å². The van der Waals surface area contributed by atoms with E-state index >= 15 is 0 Å². The second-order valence-corrected chi connectivity index (χ2v) is 9.30. The van der Waals surface area contributed by atoms with E-state index in [9.17, 15) is 8.42 Å². The number of hydrogen-bond acceptors (Lipinski definition) is 4. The van der Waals surface area contributed by atoms with E-state index in [4.69, 9.17) is 4.74 Å².